The molecule has 3 aliphatic rings. The van der Waals surface area contributed by atoms with Gasteiger partial charge in [0.15, 0.2) is 0 Å². The molecule has 5 heteroatoms. The molecule has 248 valence electrons. The van der Waals surface area contributed by atoms with Crippen LogP contribution in [-0.4, -0.2) is 6.11 Å². The Morgan fingerprint density at radius 3 is 2.07 bits per heavy atom. The lowest BCUT2D eigenvalue weighted by atomic mass is 9.68. The standard InChI is InChI=1S/C40H54F4O/c1-3-5-7-8-28-10-12-31(13-11-28)34-21-25-37(39(42)26-34)32-16-14-29(15-17-32)30-18-22-35(23-19-30)40(43,44)45-36-24-20-33(9-6-4-2)38(41)27-36/h4,20-21,24-32,35H,2-3,5-19,22-23H2,1H3. The summed E-state index contributed by atoms with van der Waals surface area (Å²) < 4.78 is 65.1. The van der Waals surface area contributed by atoms with Crippen molar-refractivity contribution in [3.05, 3.63) is 77.4 Å². The van der Waals surface area contributed by atoms with Crippen LogP contribution in [0.2, 0.25) is 0 Å². The van der Waals surface area contributed by atoms with Gasteiger partial charge >= 0.3 is 6.11 Å². The van der Waals surface area contributed by atoms with Crippen molar-refractivity contribution in [2.75, 3.05) is 0 Å². The number of hydrogen-bond donors (Lipinski definition) is 0. The average Bonchev–Trinajstić information content (AvgIpc) is 3.05. The first-order valence-electron chi connectivity index (χ1n) is 18.0. The molecule has 0 atom stereocenters. The predicted octanol–water partition coefficient (Wildman–Crippen LogP) is 12.7. The van der Waals surface area contributed by atoms with Crippen molar-refractivity contribution in [3.8, 4) is 5.75 Å². The third-order valence-corrected chi connectivity index (χ3v) is 11.6. The van der Waals surface area contributed by atoms with Crippen LogP contribution in [0.3, 0.4) is 0 Å². The second-order valence-electron chi connectivity index (χ2n) is 14.5. The molecule has 0 radical (unpaired) electrons. The first-order valence-corrected chi connectivity index (χ1v) is 18.0. The van der Waals surface area contributed by atoms with Gasteiger partial charge in [-0.3, -0.25) is 0 Å². The number of rotatable bonds is 13. The smallest absolute Gasteiger partial charge is 0.400 e. The largest absolute Gasteiger partial charge is 0.432 e. The molecule has 2 aromatic rings. The molecule has 0 spiro atoms. The molecule has 0 aliphatic heterocycles. The summed E-state index contributed by atoms with van der Waals surface area (Å²) in [5.74, 6) is 1.02. The number of hydrogen-bond acceptors (Lipinski definition) is 1. The summed E-state index contributed by atoms with van der Waals surface area (Å²) in [6.45, 7) is 5.90. The van der Waals surface area contributed by atoms with E-state index in [4.69, 9.17) is 4.74 Å². The molecular weight excluding hydrogens is 572 g/mol. The Balaban J connectivity index is 1.06. The van der Waals surface area contributed by atoms with Crippen molar-refractivity contribution < 1.29 is 22.3 Å². The number of halogens is 4. The molecule has 0 unspecified atom stereocenters. The topological polar surface area (TPSA) is 9.23 Å². The van der Waals surface area contributed by atoms with Crippen LogP contribution in [0.4, 0.5) is 17.6 Å². The van der Waals surface area contributed by atoms with Crippen LogP contribution in [-0.2, 0) is 6.42 Å². The number of alkyl halides is 2. The highest BCUT2D eigenvalue weighted by Crippen LogP contribution is 2.47. The van der Waals surface area contributed by atoms with Crippen molar-refractivity contribution in [3.63, 3.8) is 0 Å². The van der Waals surface area contributed by atoms with E-state index in [2.05, 4.69) is 25.6 Å². The Bertz CT molecular complexity index is 1220. The van der Waals surface area contributed by atoms with E-state index >= 15 is 13.2 Å². The maximum Gasteiger partial charge on any atom is 0.400 e. The lowest BCUT2D eigenvalue weighted by Gasteiger charge is -2.39. The monoisotopic (exact) mass is 626 g/mol. The van der Waals surface area contributed by atoms with Gasteiger partial charge in [0.25, 0.3) is 0 Å². The normalized spacial score (nSPS) is 27.7. The van der Waals surface area contributed by atoms with Gasteiger partial charge in [0.05, 0.1) is 5.92 Å². The Morgan fingerprint density at radius 1 is 0.778 bits per heavy atom. The van der Waals surface area contributed by atoms with Crippen LogP contribution in [0.1, 0.15) is 145 Å². The maximum atomic E-state index is 15.4. The second-order valence-corrected chi connectivity index (χ2v) is 14.5. The Labute approximate surface area is 269 Å². The van der Waals surface area contributed by atoms with E-state index in [1.165, 1.54) is 69.1 Å². The number of aryl methyl sites for hydroxylation is 1. The van der Waals surface area contributed by atoms with Gasteiger partial charge in [-0.1, -0.05) is 56.9 Å². The van der Waals surface area contributed by atoms with E-state index in [-0.39, 0.29) is 17.5 Å². The van der Waals surface area contributed by atoms with Gasteiger partial charge in [0.2, 0.25) is 0 Å². The molecule has 5 rings (SSSR count). The van der Waals surface area contributed by atoms with Crippen LogP contribution in [0.5, 0.6) is 5.75 Å². The van der Waals surface area contributed by atoms with Gasteiger partial charge in [-0.05, 0) is 148 Å². The summed E-state index contributed by atoms with van der Waals surface area (Å²) in [5.41, 5.74) is 2.53. The zero-order valence-corrected chi connectivity index (χ0v) is 27.4. The molecule has 3 fully saturated rings. The fourth-order valence-electron chi connectivity index (χ4n) is 8.72. The van der Waals surface area contributed by atoms with Crippen molar-refractivity contribution in [2.45, 2.75) is 140 Å². The van der Waals surface area contributed by atoms with Gasteiger partial charge < -0.3 is 4.74 Å². The molecule has 0 bridgehead atoms. The molecule has 0 N–H and O–H groups in total. The molecule has 45 heavy (non-hydrogen) atoms. The first-order chi connectivity index (χ1) is 21.8. The summed E-state index contributed by atoms with van der Waals surface area (Å²) in [6.07, 6.45) is 16.1. The maximum absolute atomic E-state index is 15.4. The van der Waals surface area contributed by atoms with Crippen molar-refractivity contribution in [1.29, 1.82) is 0 Å². The predicted molar refractivity (Wildman–Crippen MR) is 176 cm³/mol. The highest BCUT2D eigenvalue weighted by molar-refractivity contribution is 5.31. The fraction of sp³-hybridized carbons (Fsp3) is 0.650. The van der Waals surface area contributed by atoms with Crippen molar-refractivity contribution in [2.24, 2.45) is 23.7 Å². The number of unbranched alkanes of at least 4 members (excludes halogenated alkanes) is 2. The van der Waals surface area contributed by atoms with Gasteiger partial charge in [0.1, 0.15) is 17.4 Å². The van der Waals surface area contributed by atoms with Crippen LogP contribution in [0, 0.1) is 35.3 Å². The minimum Gasteiger partial charge on any atom is -0.432 e. The minimum atomic E-state index is -3.32. The van der Waals surface area contributed by atoms with E-state index in [0.29, 0.717) is 49.0 Å². The summed E-state index contributed by atoms with van der Waals surface area (Å²) in [4.78, 5) is 0. The van der Waals surface area contributed by atoms with E-state index in [0.717, 1.165) is 56.1 Å². The van der Waals surface area contributed by atoms with Crippen LogP contribution in [0.25, 0.3) is 0 Å². The van der Waals surface area contributed by atoms with Crippen LogP contribution >= 0.6 is 0 Å². The molecule has 0 aromatic heterocycles. The van der Waals surface area contributed by atoms with E-state index < -0.39 is 17.8 Å². The fourth-order valence-corrected chi connectivity index (χ4v) is 8.72. The van der Waals surface area contributed by atoms with Crippen molar-refractivity contribution in [1.82, 2.24) is 0 Å². The van der Waals surface area contributed by atoms with E-state index in [1.54, 1.807) is 6.08 Å². The highest BCUT2D eigenvalue weighted by atomic mass is 19.3. The van der Waals surface area contributed by atoms with Crippen LogP contribution in [0.15, 0.2) is 49.1 Å². The Hall–Kier alpha value is -2.30. The molecule has 0 heterocycles. The average molecular weight is 627 g/mol. The number of benzene rings is 2. The zero-order valence-electron chi connectivity index (χ0n) is 27.4. The summed E-state index contributed by atoms with van der Waals surface area (Å²) in [7, 11) is 0. The molecule has 0 amide bonds. The van der Waals surface area contributed by atoms with Gasteiger partial charge in [0, 0.05) is 6.07 Å². The summed E-state index contributed by atoms with van der Waals surface area (Å²) >= 11 is 0. The first kappa shape index (κ1) is 34.0. The lowest BCUT2D eigenvalue weighted by molar-refractivity contribution is -0.224. The van der Waals surface area contributed by atoms with Crippen LogP contribution < -0.4 is 4.74 Å². The third-order valence-electron chi connectivity index (χ3n) is 11.6. The molecular formula is C40H54F4O. The molecule has 0 saturated heterocycles. The van der Waals surface area contributed by atoms with Gasteiger partial charge in [-0.25, -0.2) is 8.78 Å². The number of allylic oxidation sites excluding steroid dienone is 1. The van der Waals surface area contributed by atoms with E-state index in [9.17, 15) is 4.39 Å². The third kappa shape index (κ3) is 8.95. The van der Waals surface area contributed by atoms with Gasteiger partial charge in [-0.15, -0.1) is 6.58 Å². The second kappa shape index (κ2) is 16.0. The Kier molecular flexibility index (Phi) is 12.1. The highest BCUT2D eigenvalue weighted by Gasteiger charge is 2.45. The number of ether oxygens (including phenoxy) is 1. The molecule has 3 saturated carbocycles. The SMILES string of the molecule is C=CCCc1ccc(OC(F)(F)C2CCC(C3CCC(c4ccc(C5CCC(CCCCC)CC5)cc4F)CC3)CC2)cc1F. The molecule has 3 aliphatic carbocycles. The quantitative estimate of drug-likeness (QED) is 0.122. The summed E-state index contributed by atoms with van der Waals surface area (Å²) in [6, 6.07) is 10.1. The van der Waals surface area contributed by atoms with E-state index in [1.807, 2.05) is 6.07 Å². The minimum absolute atomic E-state index is 0.0324. The van der Waals surface area contributed by atoms with Gasteiger partial charge in [-0.2, -0.15) is 8.78 Å². The molecule has 2 aromatic carbocycles. The summed E-state index contributed by atoms with van der Waals surface area (Å²) in [5, 5.41) is 0. The molecule has 1 nitrogen and oxygen atoms in total. The van der Waals surface area contributed by atoms with Crippen molar-refractivity contribution >= 4 is 0 Å². The zero-order chi connectivity index (χ0) is 31.8. The lowest BCUT2D eigenvalue weighted by Crippen LogP contribution is -2.38. The Morgan fingerprint density at radius 2 is 1.44 bits per heavy atom.